The van der Waals surface area contributed by atoms with Crippen molar-refractivity contribution in [2.75, 3.05) is 0 Å². The molecule has 3 rings (SSSR count). The number of nitrogens with zero attached hydrogens (tertiary/aromatic N) is 2. The molecule has 0 bridgehead atoms. The van der Waals surface area contributed by atoms with Crippen molar-refractivity contribution in [3.63, 3.8) is 0 Å². The van der Waals surface area contributed by atoms with Gasteiger partial charge in [0.05, 0.1) is 17.7 Å². The van der Waals surface area contributed by atoms with Gasteiger partial charge in [0.2, 0.25) is 0 Å². The third kappa shape index (κ3) is 10.4. The lowest BCUT2D eigenvalue weighted by molar-refractivity contribution is 0.498. The van der Waals surface area contributed by atoms with Crippen LogP contribution < -0.4 is 5.73 Å². The van der Waals surface area contributed by atoms with Gasteiger partial charge in [-0.2, -0.15) is 10.5 Å². The zero-order valence-electron chi connectivity index (χ0n) is 30.7. The minimum absolute atomic E-state index is 0.0433. The summed E-state index contributed by atoms with van der Waals surface area (Å²) in [5, 5.41) is 18.3. The van der Waals surface area contributed by atoms with Gasteiger partial charge in [0, 0.05) is 23.1 Å². The van der Waals surface area contributed by atoms with E-state index < -0.39 is 0 Å². The molecule has 47 heavy (non-hydrogen) atoms. The number of hydrogen-bond acceptors (Lipinski definition) is 3. The molecule has 0 aromatic heterocycles. The van der Waals surface area contributed by atoms with Crippen LogP contribution in [0.3, 0.4) is 0 Å². The molecule has 0 radical (unpaired) electrons. The molecular formula is C44H53N3. The van der Waals surface area contributed by atoms with Gasteiger partial charge in [0.1, 0.15) is 0 Å². The highest BCUT2D eigenvalue weighted by Crippen LogP contribution is 2.39. The molecule has 1 aliphatic carbocycles. The summed E-state index contributed by atoms with van der Waals surface area (Å²) in [5.41, 5.74) is 19.1. The van der Waals surface area contributed by atoms with Crippen LogP contribution in [0.5, 0.6) is 0 Å². The first kappa shape index (κ1) is 38.6. The monoisotopic (exact) mass is 623 g/mol. The number of hydrogen-bond donors (Lipinski definition) is 1. The van der Waals surface area contributed by atoms with E-state index in [1.807, 2.05) is 45.9 Å². The minimum atomic E-state index is -0.355. The van der Waals surface area contributed by atoms with Crippen LogP contribution in [-0.4, -0.2) is 6.04 Å². The van der Waals surface area contributed by atoms with Crippen molar-refractivity contribution in [1.29, 1.82) is 10.5 Å². The fourth-order valence-electron chi connectivity index (χ4n) is 5.23. The van der Waals surface area contributed by atoms with Crippen LogP contribution in [0, 0.1) is 52.8 Å². The van der Waals surface area contributed by atoms with Crippen LogP contribution in [0.15, 0.2) is 95.6 Å². The molecule has 2 unspecified atom stereocenters. The maximum Gasteiger partial charge on any atom is 0.0998 e. The molecule has 0 saturated heterocycles. The van der Waals surface area contributed by atoms with Gasteiger partial charge in [-0.3, -0.25) is 0 Å². The molecular weight excluding hydrogens is 571 g/mol. The Bertz CT molecular complexity index is 1800. The zero-order valence-corrected chi connectivity index (χ0v) is 30.7. The van der Waals surface area contributed by atoms with E-state index in [1.165, 1.54) is 11.1 Å². The number of nitriles is 2. The summed E-state index contributed by atoms with van der Waals surface area (Å²) in [7, 11) is 0. The average Bonchev–Trinajstić information content (AvgIpc) is 3.01. The lowest BCUT2D eigenvalue weighted by Gasteiger charge is -2.33. The van der Waals surface area contributed by atoms with Crippen molar-refractivity contribution in [3.8, 4) is 24.0 Å². The second-order valence-corrected chi connectivity index (χ2v) is 14.4. The first-order valence-corrected chi connectivity index (χ1v) is 16.2. The predicted molar refractivity (Wildman–Crippen MR) is 203 cm³/mol. The Balaban J connectivity index is 0.00000117. The summed E-state index contributed by atoms with van der Waals surface area (Å²) in [6.45, 7) is 29.1. The Morgan fingerprint density at radius 1 is 0.894 bits per heavy atom. The summed E-state index contributed by atoms with van der Waals surface area (Å²) >= 11 is 0. The highest BCUT2D eigenvalue weighted by Gasteiger charge is 2.31. The van der Waals surface area contributed by atoms with Gasteiger partial charge in [-0.25, -0.2) is 0 Å². The normalized spacial score (nSPS) is 17.3. The lowest BCUT2D eigenvalue weighted by Crippen LogP contribution is -2.35. The van der Waals surface area contributed by atoms with Gasteiger partial charge < -0.3 is 5.73 Å². The Morgan fingerprint density at radius 2 is 1.53 bits per heavy atom. The van der Waals surface area contributed by atoms with Gasteiger partial charge >= 0.3 is 0 Å². The molecule has 0 amide bonds. The van der Waals surface area contributed by atoms with Crippen LogP contribution in [0.2, 0.25) is 0 Å². The standard InChI is InChI=1S/C39H46N2.C5H7N/c1-12-14-35(27(5)28-15-13-16-33(21-28)38(6,7)8)36-23-34(39(9,10)11)22-31(37(36)41)20-32(24-40)30-18-26(4)17-29(19-30)25(2)3;1-3-5(2)4-6/h13,15-23,36-37H,2,41H2,1,3-11H3;3H,1-2H3/b32-20+,35-27+;5-3-. The molecule has 2 aromatic carbocycles. The number of nitrogens with two attached hydrogens (primary N) is 1. The Kier molecular flexibility index (Phi) is 13.4. The molecule has 0 spiro atoms. The van der Waals surface area contributed by atoms with E-state index >= 15 is 0 Å². The maximum absolute atomic E-state index is 10.3. The van der Waals surface area contributed by atoms with Gasteiger partial charge in [-0.05, 0) is 109 Å². The largest absolute Gasteiger partial charge is 0.323 e. The lowest BCUT2D eigenvalue weighted by atomic mass is 9.73. The molecule has 3 nitrogen and oxygen atoms in total. The van der Waals surface area contributed by atoms with E-state index in [4.69, 9.17) is 11.0 Å². The summed E-state index contributed by atoms with van der Waals surface area (Å²) in [6.07, 6.45) is 8.21. The van der Waals surface area contributed by atoms with E-state index in [-0.39, 0.29) is 22.8 Å². The van der Waals surface area contributed by atoms with Crippen molar-refractivity contribution < 1.29 is 0 Å². The summed E-state index contributed by atoms with van der Waals surface area (Å²) in [6, 6.07) is 19.0. The van der Waals surface area contributed by atoms with Crippen LogP contribution in [0.25, 0.3) is 16.7 Å². The van der Waals surface area contributed by atoms with Gasteiger partial charge in [0.25, 0.3) is 0 Å². The molecule has 3 heteroatoms. The molecule has 2 N–H and O–H groups in total. The topological polar surface area (TPSA) is 73.6 Å². The van der Waals surface area contributed by atoms with E-state index in [0.29, 0.717) is 5.57 Å². The Hall–Kier alpha value is -4.62. The number of allylic oxidation sites excluding steroid dienone is 7. The molecule has 2 aromatic rings. The third-order valence-electron chi connectivity index (χ3n) is 8.40. The number of aryl methyl sites for hydroxylation is 1. The van der Waals surface area contributed by atoms with Crippen molar-refractivity contribution in [1.82, 2.24) is 0 Å². The predicted octanol–water partition coefficient (Wildman–Crippen LogP) is 11.1. The average molecular weight is 624 g/mol. The number of rotatable bonds is 5. The van der Waals surface area contributed by atoms with E-state index in [1.54, 1.807) is 13.0 Å². The van der Waals surface area contributed by atoms with Gasteiger partial charge in [0.15, 0.2) is 0 Å². The fraction of sp³-hybridized carbons (Fsp3) is 0.364. The summed E-state index contributed by atoms with van der Waals surface area (Å²) < 4.78 is 0. The molecule has 1 aliphatic rings. The summed E-state index contributed by atoms with van der Waals surface area (Å²) in [4.78, 5) is 0. The Morgan fingerprint density at radius 3 is 2.02 bits per heavy atom. The van der Waals surface area contributed by atoms with Crippen LogP contribution in [0.1, 0.15) is 104 Å². The first-order chi connectivity index (χ1) is 21.9. The first-order valence-electron chi connectivity index (χ1n) is 16.2. The van der Waals surface area contributed by atoms with Crippen LogP contribution in [0.4, 0.5) is 0 Å². The SMILES string of the molecule is C/C=C(/C)C#N.C=C(C)c1cc(C)cc(/C(C#N)=C/C2=CC(C(C)(C)C)=CC(/C(C#CC)=C(\C)c3cccc(C(C)(C)C)c3)C2N)c1. The second kappa shape index (κ2) is 16.3. The molecule has 2 atom stereocenters. The van der Waals surface area contributed by atoms with E-state index in [9.17, 15) is 5.26 Å². The van der Waals surface area contributed by atoms with Crippen molar-refractivity contribution in [3.05, 3.63) is 123 Å². The second-order valence-electron chi connectivity index (χ2n) is 14.4. The molecule has 0 saturated carbocycles. The zero-order chi connectivity index (χ0) is 35.7. The summed E-state index contributed by atoms with van der Waals surface area (Å²) in [5.74, 6) is 6.47. The third-order valence-corrected chi connectivity index (χ3v) is 8.40. The molecule has 0 aliphatic heterocycles. The van der Waals surface area contributed by atoms with E-state index in [2.05, 4.69) is 122 Å². The Labute approximate surface area is 285 Å². The highest BCUT2D eigenvalue weighted by atomic mass is 14.7. The molecule has 0 heterocycles. The van der Waals surface area contributed by atoms with Crippen molar-refractivity contribution in [2.24, 2.45) is 17.1 Å². The fourth-order valence-corrected chi connectivity index (χ4v) is 5.23. The van der Waals surface area contributed by atoms with Gasteiger partial charge in [-0.1, -0.05) is 114 Å². The quantitative estimate of drug-likeness (QED) is 0.266. The highest BCUT2D eigenvalue weighted by molar-refractivity contribution is 5.82. The number of benzene rings is 2. The molecule has 244 valence electrons. The van der Waals surface area contributed by atoms with Gasteiger partial charge in [-0.15, -0.1) is 5.92 Å². The van der Waals surface area contributed by atoms with Crippen molar-refractivity contribution >= 4 is 16.7 Å². The van der Waals surface area contributed by atoms with Crippen LogP contribution in [-0.2, 0) is 5.41 Å². The van der Waals surface area contributed by atoms with E-state index in [0.717, 1.165) is 50.1 Å². The minimum Gasteiger partial charge on any atom is -0.323 e. The molecule has 0 fully saturated rings. The maximum atomic E-state index is 10.3. The van der Waals surface area contributed by atoms with Crippen LogP contribution >= 0.6 is 0 Å². The van der Waals surface area contributed by atoms with Crippen molar-refractivity contribution in [2.45, 2.75) is 94.5 Å². The smallest absolute Gasteiger partial charge is 0.0998 e.